The average molecular weight is 515 g/mol. The van der Waals surface area contributed by atoms with E-state index in [1.807, 2.05) is 0 Å². The molecule has 0 aromatic rings. The Morgan fingerprint density at radius 3 is 1.81 bits per heavy atom. The number of nitrogens with zero attached hydrogens (tertiary/aromatic N) is 2. The Bertz CT molecular complexity index is 627. The van der Waals surface area contributed by atoms with E-state index in [0.717, 1.165) is 19.3 Å². The molecule has 36 heavy (non-hydrogen) atoms. The lowest BCUT2D eigenvalue weighted by Crippen LogP contribution is -2.34. The van der Waals surface area contributed by atoms with E-state index < -0.39 is 30.4 Å². The average Bonchev–Trinajstić information content (AvgIpc) is 3.15. The molecule has 9 heteroatoms. The Balaban J connectivity index is 2.36. The van der Waals surface area contributed by atoms with Gasteiger partial charge in [-0.1, -0.05) is 71.1 Å². The van der Waals surface area contributed by atoms with Gasteiger partial charge in [0.1, 0.15) is 18.8 Å². The van der Waals surface area contributed by atoms with E-state index in [4.69, 9.17) is 18.9 Å². The molecule has 0 saturated carbocycles. The van der Waals surface area contributed by atoms with Crippen LogP contribution in [0.1, 0.15) is 90.4 Å². The fourth-order valence-electron chi connectivity index (χ4n) is 4.11. The standard InChI is InChI=1S/C27H50N2O7/c1-6-7-8-9-10-11-12-13-14-15-16-17-24(30)34-22-18-27(36-26(32)20-29(4)5)35-23(22)21-33-25(31)19-28(2)3/h22-23,27H,6-21H2,1-5H3/t22-,23-,27+/m1/s1. The van der Waals surface area contributed by atoms with E-state index >= 15 is 0 Å². The molecule has 1 aliphatic heterocycles. The van der Waals surface area contributed by atoms with Gasteiger partial charge in [0, 0.05) is 6.42 Å². The summed E-state index contributed by atoms with van der Waals surface area (Å²) in [4.78, 5) is 39.8. The van der Waals surface area contributed by atoms with Gasteiger partial charge >= 0.3 is 17.9 Å². The van der Waals surface area contributed by atoms with Crippen molar-refractivity contribution in [1.82, 2.24) is 9.80 Å². The fourth-order valence-corrected chi connectivity index (χ4v) is 4.11. The first-order valence-corrected chi connectivity index (χ1v) is 13.7. The van der Waals surface area contributed by atoms with Crippen molar-refractivity contribution < 1.29 is 33.3 Å². The van der Waals surface area contributed by atoms with Crippen LogP contribution in [-0.2, 0) is 33.3 Å². The number of ether oxygens (including phenoxy) is 4. The van der Waals surface area contributed by atoms with Gasteiger partial charge in [-0.25, -0.2) is 0 Å². The summed E-state index contributed by atoms with van der Waals surface area (Å²) >= 11 is 0. The highest BCUT2D eigenvalue weighted by Crippen LogP contribution is 2.26. The summed E-state index contributed by atoms with van der Waals surface area (Å²) in [6, 6.07) is 0. The minimum Gasteiger partial charge on any atom is -0.462 e. The van der Waals surface area contributed by atoms with Crippen molar-refractivity contribution in [1.29, 1.82) is 0 Å². The van der Waals surface area contributed by atoms with Gasteiger partial charge in [0.15, 0.2) is 0 Å². The lowest BCUT2D eigenvalue weighted by atomic mass is 10.1. The number of esters is 3. The maximum absolute atomic E-state index is 12.5. The molecule has 1 rings (SSSR count). The zero-order valence-electron chi connectivity index (χ0n) is 23.3. The zero-order chi connectivity index (χ0) is 26.8. The minimum absolute atomic E-state index is 0.0647. The molecule has 0 spiro atoms. The number of hydrogen-bond donors (Lipinski definition) is 0. The van der Waals surface area contributed by atoms with Crippen molar-refractivity contribution in [3.05, 3.63) is 0 Å². The van der Waals surface area contributed by atoms with Crippen molar-refractivity contribution in [3.8, 4) is 0 Å². The quantitative estimate of drug-likeness (QED) is 0.136. The van der Waals surface area contributed by atoms with Crippen LogP contribution in [0.4, 0.5) is 0 Å². The Morgan fingerprint density at radius 2 is 1.25 bits per heavy atom. The highest BCUT2D eigenvalue weighted by molar-refractivity contribution is 5.72. The summed E-state index contributed by atoms with van der Waals surface area (Å²) < 4.78 is 22.1. The van der Waals surface area contributed by atoms with Gasteiger partial charge in [-0.2, -0.15) is 0 Å². The van der Waals surface area contributed by atoms with Gasteiger partial charge in [0.25, 0.3) is 0 Å². The molecule has 1 aliphatic rings. The summed E-state index contributed by atoms with van der Waals surface area (Å²) in [7, 11) is 7.07. The third-order valence-corrected chi connectivity index (χ3v) is 6.00. The van der Waals surface area contributed by atoms with E-state index in [2.05, 4.69) is 6.92 Å². The Kier molecular flexibility index (Phi) is 17.4. The Hall–Kier alpha value is -1.71. The molecule has 0 bridgehead atoms. The van der Waals surface area contributed by atoms with Crippen molar-refractivity contribution in [3.63, 3.8) is 0 Å². The third-order valence-electron chi connectivity index (χ3n) is 6.00. The van der Waals surface area contributed by atoms with E-state index in [9.17, 15) is 14.4 Å². The van der Waals surface area contributed by atoms with Crippen LogP contribution in [0.5, 0.6) is 0 Å². The molecule has 1 heterocycles. The second-order valence-corrected chi connectivity index (χ2v) is 10.3. The number of likely N-dealkylation sites (N-methyl/N-ethyl adjacent to an activating group) is 2. The first-order valence-electron chi connectivity index (χ1n) is 13.7. The summed E-state index contributed by atoms with van der Waals surface area (Å²) in [6.45, 7) is 2.43. The molecule has 1 fully saturated rings. The predicted octanol–water partition coefficient (Wildman–Crippen LogP) is 3.92. The topological polar surface area (TPSA) is 94.6 Å². The summed E-state index contributed by atoms with van der Waals surface area (Å²) in [5, 5.41) is 0. The van der Waals surface area contributed by atoms with Crippen LogP contribution in [0.25, 0.3) is 0 Å². The second kappa shape index (κ2) is 19.4. The van der Waals surface area contributed by atoms with Crippen molar-refractivity contribution in [2.45, 2.75) is 109 Å². The largest absolute Gasteiger partial charge is 0.462 e. The van der Waals surface area contributed by atoms with Gasteiger partial charge in [-0.15, -0.1) is 0 Å². The Morgan fingerprint density at radius 1 is 0.722 bits per heavy atom. The van der Waals surface area contributed by atoms with E-state index in [0.29, 0.717) is 6.42 Å². The smallest absolute Gasteiger partial charge is 0.322 e. The van der Waals surface area contributed by atoms with Crippen LogP contribution < -0.4 is 0 Å². The molecule has 0 aromatic heterocycles. The minimum atomic E-state index is -0.838. The van der Waals surface area contributed by atoms with E-state index in [-0.39, 0.29) is 32.1 Å². The highest BCUT2D eigenvalue weighted by Gasteiger charge is 2.40. The molecule has 0 unspecified atom stereocenters. The van der Waals surface area contributed by atoms with Crippen LogP contribution in [0.3, 0.4) is 0 Å². The Labute approximate surface area is 218 Å². The molecule has 0 radical (unpaired) electrons. The van der Waals surface area contributed by atoms with Crippen LogP contribution in [0.15, 0.2) is 0 Å². The predicted molar refractivity (Wildman–Crippen MR) is 138 cm³/mol. The summed E-state index contributed by atoms with van der Waals surface area (Å²) in [6.07, 6.45) is 11.7. The molecule has 0 N–H and O–H groups in total. The maximum atomic E-state index is 12.5. The first-order chi connectivity index (χ1) is 17.2. The van der Waals surface area contributed by atoms with Crippen LogP contribution in [0, 0.1) is 0 Å². The lowest BCUT2D eigenvalue weighted by molar-refractivity contribution is -0.183. The molecule has 3 atom stereocenters. The zero-order valence-corrected chi connectivity index (χ0v) is 23.3. The number of unbranched alkanes of at least 4 members (excludes halogenated alkanes) is 10. The maximum Gasteiger partial charge on any atom is 0.322 e. The van der Waals surface area contributed by atoms with Gasteiger partial charge in [0.2, 0.25) is 6.29 Å². The number of hydrogen-bond acceptors (Lipinski definition) is 9. The molecule has 0 aromatic carbocycles. The molecule has 1 saturated heterocycles. The molecular formula is C27H50N2O7. The molecule has 0 aliphatic carbocycles. The van der Waals surface area contributed by atoms with Gasteiger partial charge in [-0.05, 0) is 34.6 Å². The summed E-state index contributed by atoms with van der Waals surface area (Å²) in [5.74, 6) is -1.13. The summed E-state index contributed by atoms with van der Waals surface area (Å²) in [5.41, 5.74) is 0. The molecular weight excluding hydrogens is 464 g/mol. The van der Waals surface area contributed by atoms with Crippen LogP contribution in [-0.4, -0.2) is 94.1 Å². The van der Waals surface area contributed by atoms with E-state index in [1.165, 1.54) is 51.4 Å². The second-order valence-electron chi connectivity index (χ2n) is 10.3. The SMILES string of the molecule is CCCCCCCCCCCCCC(=O)O[C@@H]1C[C@H](OC(=O)CN(C)C)O[C@@H]1COC(=O)CN(C)C. The van der Waals surface area contributed by atoms with Crippen molar-refractivity contribution in [2.24, 2.45) is 0 Å². The van der Waals surface area contributed by atoms with Gasteiger partial charge < -0.3 is 18.9 Å². The normalized spacial score (nSPS) is 19.6. The van der Waals surface area contributed by atoms with Gasteiger partial charge in [-0.3, -0.25) is 24.2 Å². The number of carbonyl (C=O) groups excluding carboxylic acids is 3. The molecule has 210 valence electrons. The highest BCUT2D eigenvalue weighted by atomic mass is 16.7. The monoisotopic (exact) mass is 514 g/mol. The van der Waals surface area contributed by atoms with Crippen LogP contribution >= 0.6 is 0 Å². The molecule has 9 nitrogen and oxygen atoms in total. The fraction of sp³-hybridized carbons (Fsp3) is 0.889. The third kappa shape index (κ3) is 16.1. The van der Waals surface area contributed by atoms with Gasteiger partial charge in [0.05, 0.1) is 19.5 Å². The van der Waals surface area contributed by atoms with Crippen molar-refractivity contribution in [2.75, 3.05) is 47.9 Å². The first kappa shape index (κ1) is 32.3. The number of rotatable bonds is 20. The number of carbonyl (C=O) groups is 3. The molecule has 0 amide bonds. The van der Waals surface area contributed by atoms with Crippen molar-refractivity contribution >= 4 is 17.9 Å². The van der Waals surface area contributed by atoms with E-state index in [1.54, 1.807) is 38.0 Å². The van der Waals surface area contributed by atoms with Crippen LogP contribution in [0.2, 0.25) is 0 Å². The lowest BCUT2D eigenvalue weighted by Gasteiger charge is -2.19.